The van der Waals surface area contributed by atoms with Crippen molar-refractivity contribution in [3.05, 3.63) is 121 Å². The molecule has 6 nitrogen and oxygen atoms in total. The number of fused-ring (bicyclic) bond motifs is 5. The minimum atomic E-state index is 0.0122. The van der Waals surface area contributed by atoms with Crippen molar-refractivity contribution >= 4 is 43.8 Å². The molecule has 0 N–H and O–H groups in total. The Kier molecular flexibility index (Phi) is 5.28. The fraction of sp³-hybridized carbons (Fsp3) is 0.111. The van der Waals surface area contributed by atoms with E-state index < -0.39 is 0 Å². The molecule has 42 heavy (non-hydrogen) atoms. The van der Waals surface area contributed by atoms with Crippen LogP contribution in [0.3, 0.4) is 0 Å². The van der Waals surface area contributed by atoms with Crippen molar-refractivity contribution in [3.63, 3.8) is 0 Å². The molecule has 0 bridgehead atoms. The molecular formula is C36H28N4O2. The van der Waals surface area contributed by atoms with Gasteiger partial charge in [0.1, 0.15) is 35.5 Å². The van der Waals surface area contributed by atoms with E-state index in [-0.39, 0.29) is 5.41 Å². The maximum atomic E-state index is 6.49. The van der Waals surface area contributed by atoms with Gasteiger partial charge in [-0.3, -0.25) is 9.13 Å². The lowest BCUT2D eigenvalue weighted by atomic mass is 9.88. The topological polar surface area (TPSA) is 58.0 Å². The molecule has 0 unspecified atom stereocenters. The Hall–Kier alpha value is -5.36. The van der Waals surface area contributed by atoms with Crippen LogP contribution in [0.4, 0.5) is 0 Å². The number of rotatable bonds is 4. The number of benzene rings is 4. The summed E-state index contributed by atoms with van der Waals surface area (Å²) in [6, 6.07) is 33.0. The summed E-state index contributed by atoms with van der Waals surface area (Å²) in [6.45, 7) is 6.67. The smallest absolute Gasteiger partial charge is 0.137 e. The number of hydrogen-bond acceptors (Lipinski definition) is 4. The molecular weight excluding hydrogens is 520 g/mol. The lowest BCUT2D eigenvalue weighted by Crippen LogP contribution is -2.12. The maximum Gasteiger partial charge on any atom is 0.137 e. The van der Waals surface area contributed by atoms with E-state index in [0.29, 0.717) is 0 Å². The van der Waals surface area contributed by atoms with Crippen molar-refractivity contribution in [2.24, 2.45) is 0 Å². The van der Waals surface area contributed by atoms with E-state index >= 15 is 0 Å². The Labute approximate surface area is 242 Å². The van der Waals surface area contributed by atoms with Crippen molar-refractivity contribution in [1.82, 2.24) is 19.1 Å². The van der Waals surface area contributed by atoms with Crippen LogP contribution in [0, 0.1) is 0 Å². The lowest BCUT2D eigenvalue weighted by Gasteiger charge is -2.20. The summed E-state index contributed by atoms with van der Waals surface area (Å²) in [7, 11) is 0. The number of aromatic nitrogens is 4. The van der Waals surface area contributed by atoms with Gasteiger partial charge in [0.2, 0.25) is 0 Å². The van der Waals surface area contributed by atoms with Crippen LogP contribution in [-0.2, 0) is 5.41 Å². The van der Waals surface area contributed by atoms with E-state index in [1.54, 1.807) is 6.26 Å². The fourth-order valence-electron chi connectivity index (χ4n) is 5.80. The first kappa shape index (κ1) is 24.4. The van der Waals surface area contributed by atoms with Gasteiger partial charge in [-0.25, -0.2) is 9.97 Å². The third-order valence-electron chi connectivity index (χ3n) is 7.96. The zero-order chi connectivity index (χ0) is 28.4. The van der Waals surface area contributed by atoms with Crippen molar-refractivity contribution in [3.8, 4) is 23.0 Å². The number of para-hydroxylation sites is 3. The van der Waals surface area contributed by atoms with E-state index in [1.165, 1.54) is 10.9 Å². The number of furan rings is 1. The van der Waals surface area contributed by atoms with Gasteiger partial charge in [-0.1, -0.05) is 51.1 Å². The first-order chi connectivity index (χ1) is 20.4. The van der Waals surface area contributed by atoms with Crippen LogP contribution in [0.15, 0.2) is 120 Å². The average Bonchev–Trinajstić information content (AvgIpc) is 3.70. The molecule has 0 saturated carbocycles. The first-order valence-electron chi connectivity index (χ1n) is 14.1. The lowest BCUT2D eigenvalue weighted by molar-refractivity contribution is 0.483. The third-order valence-corrected chi connectivity index (χ3v) is 7.96. The Bertz CT molecular complexity index is 2280. The molecule has 0 spiro atoms. The second-order valence-electron chi connectivity index (χ2n) is 11.7. The molecule has 8 aromatic rings. The Balaban J connectivity index is 1.24. The largest absolute Gasteiger partial charge is 0.462 e. The van der Waals surface area contributed by atoms with Gasteiger partial charge in [0.25, 0.3) is 0 Å². The highest BCUT2D eigenvalue weighted by atomic mass is 16.5. The Morgan fingerprint density at radius 3 is 2.33 bits per heavy atom. The van der Waals surface area contributed by atoms with Crippen molar-refractivity contribution in [2.75, 3.05) is 0 Å². The number of imidazole rings is 1. The zero-order valence-electron chi connectivity index (χ0n) is 23.6. The molecule has 0 amide bonds. The van der Waals surface area contributed by atoms with Crippen molar-refractivity contribution in [1.29, 1.82) is 0 Å². The van der Waals surface area contributed by atoms with E-state index in [9.17, 15) is 0 Å². The third kappa shape index (κ3) is 3.87. The molecule has 204 valence electrons. The molecule has 0 saturated heterocycles. The van der Waals surface area contributed by atoms with Crippen LogP contribution < -0.4 is 4.74 Å². The summed E-state index contributed by atoms with van der Waals surface area (Å²) in [6.07, 6.45) is 5.50. The predicted molar refractivity (Wildman–Crippen MR) is 168 cm³/mol. The quantitative estimate of drug-likeness (QED) is 0.220. The molecule has 6 heteroatoms. The van der Waals surface area contributed by atoms with Gasteiger partial charge in [-0.2, -0.15) is 0 Å². The highest BCUT2D eigenvalue weighted by Gasteiger charge is 2.18. The number of hydrogen-bond donors (Lipinski definition) is 0. The number of pyridine rings is 1. The van der Waals surface area contributed by atoms with Crippen LogP contribution in [-0.4, -0.2) is 19.1 Å². The molecule has 4 aromatic heterocycles. The van der Waals surface area contributed by atoms with Gasteiger partial charge in [-0.05, 0) is 71.6 Å². The standard InChI is InChI=1S/C36H28N4O2/c1-36(2,3)23-16-17-37-35(18-23)40-30-10-6-4-8-26(30)27-14-12-25(20-32(27)40)42-24-13-15-34-28(19-24)33(21-41-34)39-22-38-29-9-5-7-11-31(29)39/h4-22H,1-3H3. The van der Waals surface area contributed by atoms with Crippen molar-refractivity contribution in [2.45, 2.75) is 26.2 Å². The summed E-state index contributed by atoms with van der Waals surface area (Å²) >= 11 is 0. The SMILES string of the molecule is CC(C)(C)c1ccnc(-n2c3ccccc3c3ccc(Oc4ccc5occ(-n6cnc7ccccc76)c5c4)cc32)c1. The van der Waals surface area contributed by atoms with Gasteiger partial charge in [0.05, 0.1) is 27.8 Å². The van der Waals surface area contributed by atoms with Crippen molar-refractivity contribution < 1.29 is 9.15 Å². The molecule has 0 fully saturated rings. The monoisotopic (exact) mass is 548 g/mol. The molecule has 0 atom stereocenters. The normalized spacial score (nSPS) is 12.2. The summed E-state index contributed by atoms with van der Waals surface area (Å²) in [5.74, 6) is 2.36. The van der Waals surface area contributed by atoms with Crippen LogP contribution in [0.2, 0.25) is 0 Å². The molecule has 0 radical (unpaired) electrons. The molecule has 0 aliphatic heterocycles. The van der Waals surface area contributed by atoms with Gasteiger partial charge in [-0.15, -0.1) is 0 Å². The van der Waals surface area contributed by atoms with Crippen LogP contribution in [0.1, 0.15) is 26.3 Å². The highest BCUT2D eigenvalue weighted by Crippen LogP contribution is 2.37. The van der Waals surface area contributed by atoms with Gasteiger partial charge in [0, 0.05) is 28.4 Å². The number of ether oxygens (including phenoxy) is 1. The molecule has 8 rings (SSSR count). The van der Waals surface area contributed by atoms with Gasteiger partial charge < -0.3 is 9.15 Å². The summed E-state index contributed by atoms with van der Waals surface area (Å²) in [4.78, 5) is 9.35. The van der Waals surface area contributed by atoms with Gasteiger partial charge >= 0.3 is 0 Å². The van der Waals surface area contributed by atoms with Crippen LogP contribution in [0.5, 0.6) is 11.5 Å². The molecule has 0 aliphatic carbocycles. The Morgan fingerprint density at radius 2 is 1.45 bits per heavy atom. The molecule has 4 aromatic carbocycles. The predicted octanol–water partition coefficient (Wildman–Crippen LogP) is 9.35. The minimum Gasteiger partial charge on any atom is -0.462 e. The van der Waals surface area contributed by atoms with E-state index in [4.69, 9.17) is 14.1 Å². The zero-order valence-corrected chi connectivity index (χ0v) is 23.6. The van der Waals surface area contributed by atoms with Crippen LogP contribution in [0.25, 0.3) is 55.3 Å². The maximum absolute atomic E-state index is 6.49. The summed E-state index contributed by atoms with van der Waals surface area (Å²) < 4.78 is 16.7. The summed E-state index contributed by atoms with van der Waals surface area (Å²) in [5, 5.41) is 3.29. The van der Waals surface area contributed by atoms with Gasteiger partial charge in [0.15, 0.2) is 0 Å². The highest BCUT2D eigenvalue weighted by molar-refractivity contribution is 6.09. The fourth-order valence-corrected chi connectivity index (χ4v) is 5.80. The first-order valence-corrected chi connectivity index (χ1v) is 14.1. The average molecular weight is 549 g/mol. The summed E-state index contributed by atoms with van der Waals surface area (Å²) in [5.41, 5.74) is 7.07. The minimum absolute atomic E-state index is 0.0122. The Morgan fingerprint density at radius 1 is 0.690 bits per heavy atom. The van der Waals surface area contributed by atoms with E-state index in [1.807, 2.05) is 59.6 Å². The van der Waals surface area contributed by atoms with Crippen LogP contribution >= 0.6 is 0 Å². The second-order valence-corrected chi connectivity index (χ2v) is 11.7. The van der Waals surface area contributed by atoms with E-state index in [2.05, 4.69) is 84.9 Å². The molecule has 0 aliphatic rings. The molecule has 4 heterocycles. The second kappa shape index (κ2) is 9.08. The van der Waals surface area contributed by atoms with E-state index in [0.717, 1.165) is 61.4 Å². The number of nitrogens with zero attached hydrogens (tertiary/aromatic N) is 4.